The van der Waals surface area contributed by atoms with Crippen LogP contribution < -0.4 is 11.3 Å². The minimum Gasteiger partial charge on any atom is -0.508 e. The number of rotatable bonds is 3. The molecule has 1 amide bonds. The Hall–Kier alpha value is -2.31. The van der Waals surface area contributed by atoms with E-state index in [9.17, 15) is 15.0 Å². The Kier molecular flexibility index (Phi) is 4.62. The number of carbonyl (C=O) groups excluding carboxylic acids is 1. The maximum atomic E-state index is 11.9. The zero-order valence-corrected chi connectivity index (χ0v) is 12.5. The summed E-state index contributed by atoms with van der Waals surface area (Å²) in [4.78, 5) is 11.9. The van der Waals surface area contributed by atoms with Gasteiger partial charge in [-0.05, 0) is 35.9 Å². The molecule has 5 N–H and O–H groups in total. The Morgan fingerprint density at radius 2 is 1.95 bits per heavy atom. The van der Waals surface area contributed by atoms with Crippen LogP contribution in [0, 0.1) is 0 Å². The summed E-state index contributed by atoms with van der Waals surface area (Å²) < 4.78 is 0.722. The van der Waals surface area contributed by atoms with E-state index in [1.54, 1.807) is 24.3 Å². The first-order valence-corrected chi connectivity index (χ1v) is 6.81. The fourth-order valence-corrected chi connectivity index (χ4v) is 2.17. The van der Waals surface area contributed by atoms with Crippen molar-refractivity contribution in [2.24, 2.45) is 5.84 Å². The average molecular weight is 349 g/mol. The number of amides is 1. The minimum atomic E-state index is -0.525. The van der Waals surface area contributed by atoms with Crippen molar-refractivity contribution in [3.63, 3.8) is 0 Å². The predicted molar refractivity (Wildman–Crippen MR) is 84.1 cm³/mol. The van der Waals surface area contributed by atoms with Gasteiger partial charge in [0.25, 0.3) is 5.91 Å². The first kappa shape index (κ1) is 15.1. The maximum Gasteiger partial charge on any atom is 0.265 e. The van der Waals surface area contributed by atoms with Gasteiger partial charge in [-0.2, -0.15) is 0 Å². The average Bonchev–Trinajstić information content (AvgIpc) is 2.45. The molecule has 0 aliphatic heterocycles. The largest absolute Gasteiger partial charge is 0.508 e. The van der Waals surface area contributed by atoms with Crippen molar-refractivity contribution in [1.29, 1.82) is 0 Å². The topological polar surface area (TPSA) is 95.6 Å². The number of hydrogen-bond acceptors (Lipinski definition) is 4. The van der Waals surface area contributed by atoms with Gasteiger partial charge in [0.15, 0.2) is 0 Å². The lowest BCUT2D eigenvalue weighted by Crippen LogP contribution is -2.30. The highest BCUT2D eigenvalue weighted by Gasteiger charge is 2.12. The van der Waals surface area contributed by atoms with Crippen LogP contribution in [0.4, 0.5) is 0 Å². The molecule has 6 heteroatoms. The summed E-state index contributed by atoms with van der Waals surface area (Å²) in [6, 6.07) is 11.1. The second kappa shape index (κ2) is 6.43. The first-order chi connectivity index (χ1) is 10.0. The summed E-state index contributed by atoms with van der Waals surface area (Å²) in [6.45, 7) is 0. The van der Waals surface area contributed by atoms with Gasteiger partial charge in [0.2, 0.25) is 0 Å². The molecule has 0 aliphatic carbocycles. The van der Waals surface area contributed by atoms with E-state index in [4.69, 9.17) is 5.84 Å². The molecule has 0 spiro atoms. The fourth-order valence-electron chi connectivity index (χ4n) is 1.83. The van der Waals surface area contributed by atoms with Crippen molar-refractivity contribution in [2.45, 2.75) is 0 Å². The van der Waals surface area contributed by atoms with Gasteiger partial charge in [0.1, 0.15) is 11.5 Å². The van der Waals surface area contributed by atoms with Gasteiger partial charge >= 0.3 is 0 Å². The Bertz CT molecular complexity index is 714. The van der Waals surface area contributed by atoms with Gasteiger partial charge in [-0.15, -0.1) is 0 Å². The van der Waals surface area contributed by atoms with Crippen LogP contribution in [0.3, 0.4) is 0 Å². The van der Waals surface area contributed by atoms with Crippen LogP contribution in [0.5, 0.6) is 11.5 Å². The van der Waals surface area contributed by atoms with E-state index in [0.29, 0.717) is 11.1 Å². The van der Waals surface area contributed by atoms with E-state index >= 15 is 0 Å². The van der Waals surface area contributed by atoms with Gasteiger partial charge in [0, 0.05) is 15.6 Å². The van der Waals surface area contributed by atoms with Crippen molar-refractivity contribution in [3.8, 4) is 11.5 Å². The Morgan fingerprint density at radius 1 is 1.19 bits per heavy atom. The van der Waals surface area contributed by atoms with Crippen LogP contribution in [0.25, 0.3) is 11.6 Å². The standard InChI is InChI=1S/C15H13BrN2O3/c16-11-5-4-10(14(20)8-11)7-13(15(21)18-17)9-2-1-3-12(19)6-9/h1-8,19-20H,17H2,(H,18,21). The molecule has 0 bridgehead atoms. The molecule has 2 rings (SSSR count). The first-order valence-electron chi connectivity index (χ1n) is 6.02. The number of hydrazine groups is 1. The Balaban J connectivity index is 2.55. The summed E-state index contributed by atoms with van der Waals surface area (Å²) in [5.41, 5.74) is 3.23. The molecule has 0 aliphatic rings. The number of nitrogens with two attached hydrogens (primary N) is 1. The highest BCUT2D eigenvalue weighted by Crippen LogP contribution is 2.28. The molecule has 0 unspecified atom stereocenters. The second-order valence-corrected chi connectivity index (χ2v) is 5.20. The Morgan fingerprint density at radius 3 is 2.57 bits per heavy atom. The molecule has 0 atom stereocenters. The van der Waals surface area contributed by atoms with E-state index in [1.165, 1.54) is 24.3 Å². The number of hydrogen-bond donors (Lipinski definition) is 4. The smallest absolute Gasteiger partial charge is 0.265 e. The monoisotopic (exact) mass is 348 g/mol. The van der Waals surface area contributed by atoms with Crippen molar-refractivity contribution in [3.05, 3.63) is 58.1 Å². The third-order valence-electron chi connectivity index (χ3n) is 2.83. The van der Waals surface area contributed by atoms with Gasteiger partial charge in [-0.25, -0.2) is 5.84 Å². The lowest BCUT2D eigenvalue weighted by atomic mass is 10.0. The SMILES string of the molecule is NNC(=O)C(=Cc1ccc(Br)cc1O)c1cccc(O)c1. The summed E-state index contributed by atoms with van der Waals surface area (Å²) in [6.07, 6.45) is 1.50. The molecule has 0 saturated carbocycles. The molecular formula is C15H13BrN2O3. The highest BCUT2D eigenvalue weighted by molar-refractivity contribution is 9.10. The lowest BCUT2D eigenvalue weighted by Gasteiger charge is -2.08. The molecule has 0 radical (unpaired) electrons. The van der Waals surface area contributed by atoms with Crippen LogP contribution in [0.2, 0.25) is 0 Å². The molecule has 0 aromatic heterocycles. The van der Waals surface area contributed by atoms with Gasteiger partial charge in [-0.1, -0.05) is 34.1 Å². The molecule has 2 aromatic carbocycles. The van der Waals surface area contributed by atoms with Crippen LogP contribution in [-0.4, -0.2) is 16.1 Å². The second-order valence-electron chi connectivity index (χ2n) is 4.28. The van der Waals surface area contributed by atoms with Gasteiger partial charge < -0.3 is 10.2 Å². The quantitative estimate of drug-likeness (QED) is 0.225. The van der Waals surface area contributed by atoms with Crippen LogP contribution >= 0.6 is 15.9 Å². The number of phenols is 2. The van der Waals surface area contributed by atoms with E-state index < -0.39 is 5.91 Å². The van der Waals surface area contributed by atoms with E-state index in [2.05, 4.69) is 21.4 Å². The molecule has 0 fully saturated rings. The molecule has 21 heavy (non-hydrogen) atoms. The molecule has 0 saturated heterocycles. The number of phenolic OH excluding ortho intramolecular Hbond substituents is 2. The normalized spacial score (nSPS) is 11.2. The third-order valence-corrected chi connectivity index (χ3v) is 3.32. The van der Waals surface area contributed by atoms with Crippen molar-refractivity contribution in [2.75, 3.05) is 0 Å². The minimum absolute atomic E-state index is 0.0202. The van der Waals surface area contributed by atoms with Crippen molar-refractivity contribution >= 4 is 33.5 Å². The summed E-state index contributed by atoms with van der Waals surface area (Å²) >= 11 is 3.25. The molecule has 5 nitrogen and oxygen atoms in total. The molecular weight excluding hydrogens is 336 g/mol. The van der Waals surface area contributed by atoms with Crippen LogP contribution in [0.1, 0.15) is 11.1 Å². The van der Waals surface area contributed by atoms with E-state index in [1.807, 2.05) is 0 Å². The number of nitrogens with one attached hydrogen (secondary N) is 1. The lowest BCUT2D eigenvalue weighted by molar-refractivity contribution is -0.115. The molecule has 2 aromatic rings. The zero-order chi connectivity index (χ0) is 15.4. The fraction of sp³-hybridized carbons (Fsp3) is 0. The van der Waals surface area contributed by atoms with E-state index in [0.717, 1.165) is 4.47 Å². The summed E-state index contributed by atoms with van der Waals surface area (Å²) in [7, 11) is 0. The number of aromatic hydroxyl groups is 2. The predicted octanol–water partition coefficient (Wildman–Crippen LogP) is 2.39. The third kappa shape index (κ3) is 3.62. The molecule has 108 valence electrons. The van der Waals surface area contributed by atoms with Crippen molar-refractivity contribution in [1.82, 2.24) is 5.43 Å². The molecule has 0 heterocycles. The van der Waals surface area contributed by atoms with Gasteiger partial charge in [-0.3, -0.25) is 10.2 Å². The zero-order valence-electron chi connectivity index (χ0n) is 10.9. The van der Waals surface area contributed by atoms with E-state index in [-0.39, 0.29) is 17.1 Å². The summed E-state index contributed by atoms with van der Waals surface area (Å²) in [5, 5.41) is 19.4. The maximum absolute atomic E-state index is 11.9. The Labute approximate surface area is 129 Å². The van der Waals surface area contributed by atoms with Crippen LogP contribution in [0.15, 0.2) is 46.9 Å². The highest BCUT2D eigenvalue weighted by atomic mass is 79.9. The number of carbonyl (C=O) groups is 1. The van der Waals surface area contributed by atoms with Gasteiger partial charge in [0.05, 0.1) is 0 Å². The summed E-state index contributed by atoms with van der Waals surface area (Å²) in [5.74, 6) is 4.72. The number of halogens is 1. The van der Waals surface area contributed by atoms with Crippen LogP contribution in [-0.2, 0) is 4.79 Å². The number of benzene rings is 2. The van der Waals surface area contributed by atoms with Crippen molar-refractivity contribution < 1.29 is 15.0 Å².